The molecule has 1 aliphatic heterocycles. The maximum atomic E-state index is 6.46. The van der Waals surface area contributed by atoms with E-state index in [0.717, 1.165) is 11.4 Å². The van der Waals surface area contributed by atoms with E-state index < -0.39 is 0 Å². The Morgan fingerprint density at radius 1 is 0.815 bits per heavy atom. The third-order valence-electron chi connectivity index (χ3n) is 5.80. The third-order valence-corrected chi connectivity index (χ3v) is 5.80. The number of ether oxygens (including phenoxy) is 1. The van der Waals surface area contributed by atoms with Crippen LogP contribution in [-0.2, 0) is 0 Å². The van der Waals surface area contributed by atoms with E-state index in [0.29, 0.717) is 5.92 Å². The molecule has 2 unspecified atom stereocenters. The number of hydrogen-bond donors (Lipinski definition) is 0. The molecule has 130 valence electrons. The first-order chi connectivity index (χ1) is 13.3. The quantitative estimate of drug-likeness (QED) is 0.402. The Morgan fingerprint density at radius 2 is 1.52 bits per heavy atom. The molecule has 0 saturated carbocycles. The standard InChI is InChI=1S/C25H19NO/c1-16-13-14-24-20(15-16)19-9-6-12-23(25(19)27-24)26-21-10-4-2-7-17(21)18-8-3-5-11-22(18)26/h2-15,20,24H,1H3. The van der Waals surface area contributed by atoms with Crippen LogP contribution in [0.4, 0.5) is 0 Å². The van der Waals surface area contributed by atoms with E-state index in [1.165, 1.54) is 32.9 Å². The highest BCUT2D eigenvalue weighted by molar-refractivity contribution is 6.09. The van der Waals surface area contributed by atoms with Gasteiger partial charge in [0.2, 0.25) is 0 Å². The van der Waals surface area contributed by atoms with Gasteiger partial charge in [-0.1, -0.05) is 66.3 Å². The van der Waals surface area contributed by atoms with Gasteiger partial charge in [0.05, 0.1) is 16.7 Å². The Labute approximate surface area is 158 Å². The SMILES string of the molecule is CC1=CC2c3cccc(-n4c5ccccc5c5ccccc54)c3OC2C=C1. The monoisotopic (exact) mass is 349 g/mol. The lowest BCUT2D eigenvalue weighted by Gasteiger charge is -2.16. The molecule has 1 aliphatic carbocycles. The number of para-hydroxylation sites is 3. The highest BCUT2D eigenvalue weighted by Gasteiger charge is 2.35. The van der Waals surface area contributed by atoms with E-state index >= 15 is 0 Å². The number of allylic oxidation sites excluding steroid dienone is 2. The number of rotatable bonds is 1. The summed E-state index contributed by atoms with van der Waals surface area (Å²) < 4.78 is 8.81. The first kappa shape index (κ1) is 14.9. The molecule has 2 heteroatoms. The van der Waals surface area contributed by atoms with Gasteiger partial charge in [0.1, 0.15) is 11.9 Å². The summed E-state index contributed by atoms with van der Waals surface area (Å²) in [5, 5.41) is 2.55. The molecule has 0 amide bonds. The fourth-order valence-electron chi connectivity index (χ4n) is 4.61. The van der Waals surface area contributed by atoms with Gasteiger partial charge in [0, 0.05) is 22.3 Å². The summed E-state index contributed by atoms with van der Waals surface area (Å²) in [5.74, 6) is 1.31. The van der Waals surface area contributed by atoms with Crippen molar-refractivity contribution in [3.05, 3.63) is 96.1 Å². The van der Waals surface area contributed by atoms with Crippen molar-refractivity contribution in [3.8, 4) is 11.4 Å². The van der Waals surface area contributed by atoms with Crippen molar-refractivity contribution in [3.63, 3.8) is 0 Å². The topological polar surface area (TPSA) is 14.2 Å². The summed E-state index contributed by atoms with van der Waals surface area (Å²) >= 11 is 0. The molecule has 2 heterocycles. The molecule has 27 heavy (non-hydrogen) atoms. The van der Waals surface area contributed by atoms with Crippen molar-refractivity contribution in [2.45, 2.75) is 18.9 Å². The second kappa shape index (κ2) is 5.37. The van der Waals surface area contributed by atoms with Crippen LogP contribution >= 0.6 is 0 Å². The van der Waals surface area contributed by atoms with Gasteiger partial charge in [-0.25, -0.2) is 0 Å². The Morgan fingerprint density at radius 3 is 2.26 bits per heavy atom. The Kier molecular flexibility index (Phi) is 2.96. The highest BCUT2D eigenvalue weighted by atomic mass is 16.5. The van der Waals surface area contributed by atoms with Crippen LogP contribution in [0.15, 0.2) is 90.5 Å². The lowest BCUT2D eigenvalue weighted by Crippen LogP contribution is -2.16. The fourth-order valence-corrected chi connectivity index (χ4v) is 4.61. The second-order valence-electron chi connectivity index (χ2n) is 7.44. The molecule has 3 aromatic carbocycles. The fraction of sp³-hybridized carbons (Fsp3) is 0.120. The van der Waals surface area contributed by atoms with Gasteiger partial charge in [0.25, 0.3) is 0 Å². The average Bonchev–Trinajstić information content (AvgIpc) is 3.24. The van der Waals surface area contributed by atoms with E-state index in [4.69, 9.17) is 4.74 Å². The average molecular weight is 349 g/mol. The predicted octanol–water partition coefficient (Wildman–Crippen LogP) is 6.14. The summed E-state index contributed by atoms with van der Waals surface area (Å²) in [6, 6.07) is 23.8. The summed E-state index contributed by atoms with van der Waals surface area (Å²) in [5.41, 5.74) is 6.14. The highest BCUT2D eigenvalue weighted by Crippen LogP contribution is 2.46. The minimum atomic E-state index is 0.0953. The van der Waals surface area contributed by atoms with E-state index in [-0.39, 0.29) is 6.10 Å². The Bertz CT molecular complexity index is 1220. The largest absolute Gasteiger partial charge is 0.483 e. The van der Waals surface area contributed by atoms with Crippen LogP contribution in [0.3, 0.4) is 0 Å². The summed E-state index contributed by atoms with van der Waals surface area (Å²) in [7, 11) is 0. The molecule has 2 atom stereocenters. The van der Waals surface area contributed by atoms with Crippen molar-refractivity contribution < 1.29 is 4.74 Å². The van der Waals surface area contributed by atoms with Gasteiger partial charge in [-0.3, -0.25) is 0 Å². The zero-order chi connectivity index (χ0) is 18.0. The maximum absolute atomic E-state index is 6.46. The minimum Gasteiger partial charge on any atom is -0.483 e. The van der Waals surface area contributed by atoms with E-state index in [9.17, 15) is 0 Å². The van der Waals surface area contributed by atoms with Crippen LogP contribution in [0.2, 0.25) is 0 Å². The molecule has 0 N–H and O–H groups in total. The van der Waals surface area contributed by atoms with Crippen LogP contribution in [-0.4, -0.2) is 10.7 Å². The molecule has 0 fully saturated rings. The van der Waals surface area contributed by atoms with Gasteiger partial charge in [-0.2, -0.15) is 0 Å². The lowest BCUT2D eigenvalue weighted by atomic mass is 9.89. The van der Waals surface area contributed by atoms with Crippen LogP contribution in [0.5, 0.6) is 5.75 Å². The van der Waals surface area contributed by atoms with Crippen molar-refractivity contribution in [2.75, 3.05) is 0 Å². The number of aromatic nitrogens is 1. The van der Waals surface area contributed by atoms with E-state index in [1.54, 1.807) is 0 Å². The van der Waals surface area contributed by atoms with E-state index in [1.807, 2.05) is 0 Å². The summed E-state index contributed by atoms with van der Waals surface area (Å²) in [6.45, 7) is 2.15. The van der Waals surface area contributed by atoms with Crippen LogP contribution in [0, 0.1) is 0 Å². The van der Waals surface area contributed by atoms with Gasteiger partial charge in [-0.05, 0) is 31.2 Å². The van der Waals surface area contributed by atoms with Crippen molar-refractivity contribution in [1.29, 1.82) is 0 Å². The maximum Gasteiger partial charge on any atom is 0.148 e. The Hall–Kier alpha value is -3.26. The van der Waals surface area contributed by atoms with Crippen LogP contribution < -0.4 is 4.74 Å². The molecule has 6 rings (SSSR count). The van der Waals surface area contributed by atoms with Crippen LogP contribution in [0.25, 0.3) is 27.5 Å². The zero-order valence-corrected chi connectivity index (χ0v) is 15.1. The van der Waals surface area contributed by atoms with Gasteiger partial charge >= 0.3 is 0 Å². The zero-order valence-electron chi connectivity index (χ0n) is 15.1. The molecular weight excluding hydrogens is 330 g/mol. The van der Waals surface area contributed by atoms with Crippen molar-refractivity contribution in [1.82, 2.24) is 4.57 Å². The van der Waals surface area contributed by atoms with Crippen molar-refractivity contribution in [2.24, 2.45) is 0 Å². The van der Waals surface area contributed by atoms with Crippen LogP contribution in [0.1, 0.15) is 18.4 Å². The first-order valence-electron chi connectivity index (χ1n) is 9.46. The summed E-state index contributed by atoms with van der Waals surface area (Å²) in [4.78, 5) is 0. The molecule has 1 aromatic heterocycles. The molecule has 0 saturated heterocycles. The predicted molar refractivity (Wildman–Crippen MR) is 111 cm³/mol. The number of hydrogen-bond acceptors (Lipinski definition) is 1. The van der Waals surface area contributed by atoms with Gasteiger partial charge in [0.15, 0.2) is 0 Å². The molecule has 2 nitrogen and oxygen atoms in total. The van der Waals surface area contributed by atoms with Crippen molar-refractivity contribution >= 4 is 21.8 Å². The van der Waals surface area contributed by atoms with Gasteiger partial charge in [-0.15, -0.1) is 0 Å². The molecule has 0 spiro atoms. The van der Waals surface area contributed by atoms with E-state index in [2.05, 4.69) is 96.4 Å². The number of nitrogens with zero attached hydrogens (tertiary/aromatic N) is 1. The molecule has 0 bridgehead atoms. The second-order valence-corrected chi connectivity index (χ2v) is 7.44. The lowest BCUT2D eigenvalue weighted by molar-refractivity contribution is 0.268. The smallest absolute Gasteiger partial charge is 0.148 e. The normalized spacial score (nSPS) is 20.4. The third kappa shape index (κ3) is 2.01. The first-order valence-corrected chi connectivity index (χ1v) is 9.46. The molecule has 2 aliphatic rings. The van der Waals surface area contributed by atoms with Gasteiger partial charge < -0.3 is 9.30 Å². The number of fused-ring (bicyclic) bond motifs is 6. The molecular formula is C25H19NO. The molecule has 0 radical (unpaired) electrons. The Balaban J connectivity index is 1.68. The molecule has 4 aromatic rings. The minimum absolute atomic E-state index is 0.0953. The number of benzene rings is 3. The summed E-state index contributed by atoms with van der Waals surface area (Å²) in [6.07, 6.45) is 6.77.